The molecule has 0 fully saturated rings. The first-order chi connectivity index (χ1) is 6.24. The lowest BCUT2D eigenvalue weighted by atomic mass is 10.1. The van der Waals surface area contributed by atoms with Crippen molar-refractivity contribution < 1.29 is 4.39 Å². The van der Waals surface area contributed by atoms with E-state index in [1.54, 1.807) is 0 Å². The van der Waals surface area contributed by atoms with Crippen LogP contribution in [0.3, 0.4) is 0 Å². The van der Waals surface area contributed by atoms with Crippen LogP contribution in [0, 0.1) is 5.82 Å². The third-order valence-electron chi connectivity index (χ3n) is 2.10. The van der Waals surface area contributed by atoms with E-state index in [1.165, 1.54) is 17.4 Å². The van der Waals surface area contributed by atoms with Gasteiger partial charge in [-0.05, 0) is 29.5 Å². The zero-order chi connectivity index (χ0) is 9.42. The van der Waals surface area contributed by atoms with E-state index in [-0.39, 0.29) is 5.82 Å². The molecular formula is C10H8ClFS. The number of hydrogen-bond acceptors (Lipinski definition) is 1. The van der Waals surface area contributed by atoms with Crippen molar-refractivity contribution in [2.75, 3.05) is 0 Å². The lowest BCUT2D eigenvalue weighted by molar-refractivity contribution is 0.641. The molecule has 13 heavy (non-hydrogen) atoms. The van der Waals surface area contributed by atoms with Crippen LogP contribution >= 0.6 is 22.9 Å². The molecule has 0 spiro atoms. The van der Waals surface area contributed by atoms with E-state index in [0.29, 0.717) is 9.72 Å². The van der Waals surface area contributed by atoms with Crippen LogP contribution in [0.4, 0.5) is 4.39 Å². The van der Waals surface area contributed by atoms with Crippen molar-refractivity contribution in [3.05, 3.63) is 33.9 Å². The Labute approximate surface area is 85.0 Å². The molecule has 2 aromatic rings. The van der Waals surface area contributed by atoms with Gasteiger partial charge in [0, 0.05) is 10.4 Å². The molecule has 0 unspecified atom stereocenters. The van der Waals surface area contributed by atoms with Gasteiger partial charge in [-0.15, -0.1) is 11.3 Å². The normalized spacial score (nSPS) is 11.0. The van der Waals surface area contributed by atoms with Gasteiger partial charge in [-0.1, -0.05) is 18.5 Å². The van der Waals surface area contributed by atoms with Gasteiger partial charge in [0.1, 0.15) is 5.82 Å². The molecule has 3 heteroatoms. The molecule has 0 aliphatic rings. The second kappa shape index (κ2) is 3.28. The van der Waals surface area contributed by atoms with Crippen molar-refractivity contribution in [1.82, 2.24) is 0 Å². The minimum Gasteiger partial charge on any atom is -0.205 e. The molecule has 2 rings (SSSR count). The SMILES string of the molecule is CCc1c(Cl)cc(F)c2sccc12. The average molecular weight is 215 g/mol. The molecule has 0 saturated heterocycles. The molecule has 0 aliphatic carbocycles. The van der Waals surface area contributed by atoms with Gasteiger partial charge in [0.05, 0.1) is 4.70 Å². The van der Waals surface area contributed by atoms with Gasteiger partial charge in [-0.25, -0.2) is 4.39 Å². The Morgan fingerprint density at radius 3 is 3.00 bits per heavy atom. The van der Waals surface area contributed by atoms with Crippen LogP contribution in [0.2, 0.25) is 5.02 Å². The highest BCUT2D eigenvalue weighted by Gasteiger charge is 2.09. The Balaban J connectivity index is 2.88. The largest absolute Gasteiger partial charge is 0.205 e. The Bertz CT molecular complexity index is 447. The first kappa shape index (κ1) is 8.97. The third-order valence-corrected chi connectivity index (χ3v) is 3.36. The summed E-state index contributed by atoms with van der Waals surface area (Å²) in [7, 11) is 0. The number of hydrogen-bond donors (Lipinski definition) is 0. The molecule has 0 aliphatic heterocycles. The van der Waals surface area contributed by atoms with Gasteiger partial charge < -0.3 is 0 Å². The molecule has 0 radical (unpaired) electrons. The molecular weight excluding hydrogens is 207 g/mol. The van der Waals surface area contributed by atoms with Gasteiger partial charge in [0.25, 0.3) is 0 Å². The summed E-state index contributed by atoms with van der Waals surface area (Å²) in [6.07, 6.45) is 0.840. The monoisotopic (exact) mass is 214 g/mol. The number of halogens is 2. The number of rotatable bonds is 1. The fraction of sp³-hybridized carbons (Fsp3) is 0.200. The fourth-order valence-electron chi connectivity index (χ4n) is 1.48. The number of aryl methyl sites for hydroxylation is 1. The molecule has 0 saturated carbocycles. The highest BCUT2D eigenvalue weighted by molar-refractivity contribution is 7.17. The Morgan fingerprint density at radius 1 is 1.54 bits per heavy atom. The molecule has 0 nitrogen and oxygen atoms in total. The van der Waals surface area contributed by atoms with Crippen LogP contribution in [0.1, 0.15) is 12.5 Å². The molecule has 1 heterocycles. The number of thiophene rings is 1. The van der Waals surface area contributed by atoms with Gasteiger partial charge >= 0.3 is 0 Å². The van der Waals surface area contributed by atoms with Crippen LogP contribution in [-0.2, 0) is 6.42 Å². The summed E-state index contributed by atoms with van der Waals surface area (Å²) in [6.45, 7) is 2.02. The minimum absolute atomic E-state index is 0.216. The molecule has 1 aromatic heterocycles. The van der Waals surface area contributed by atoms with E-state index < -0.39 is 0 Å². The lowest BCUT2D eigenvalue weighted by Gasteiger charge is -2.03. The van der Waals surface area contributed by atoms with Crippen molar-refractivity contribution in [1.29, 1.82) is 0 Å². The fourth-order valence-corrected chi connectivity index (χ4v) is 2.64. The summed E-state index contributed by atoms with van der Waals surface area (Å²) in [4.78, 5) is 0. The quantitative estimate of drug-likeness (QED) is 0.666. The molecule has 0 amide bonds. The van der Waals surface area contributed by atoms with Crippen LogP contribution in [0.25, 0.3) is 10.1 Å². The van der Waals surface area contributed by atoms with Gasteiger partial charge in [0.15, 0.2) is 0 Å². The molecule has 0 N–H and O–H groups in total. The van der Waals surface area contributed by atoms with Gasteiger partial charge in [0.2, 0.25) is 0 Å². The van der Waals surface area contributed by atoms with Gasteiger partial charge in [-0.2, -0.15) is 0 Å². The Hall–Kier alpha value is -0.600. The van der Waals surface area contributed by atoms with Crippen molar-refractivity contribution >= 4 is 33.0 Å². The maximum absolute atomic E-state index is 13.3. The maximum Gasteiger partial charge on any atom is 0.142 e. The summed E-state index contributed by atoms with van der Waals surface area (Å²) in [5, 5.41) is 3.38. The molecule has 0 bridgehead atoms. The smallest absolute Gasteiger partial charge is 0.142 e. The highest BCUT2D eigenvalue weighted by Crippen LogP contribution is 2.32. The van der Waals surface area contributed by atoms with Crippen LogP contribution in [0.5, 0.6) is 0 Å². The molecule has 68 valence electrons. The van der Waals surface area contributed by atoms with E-state index in [0.717, 1.165) is 17.4 Å². The summed E-state index contributed by atoms with van der Waals surface area (Å²) >= 11 is 7.35. The zero-order valence-electron chi connectivity index (χ0n) is 7.10. The summed E-state index contributed by atoms with van der Waals surface area (Å²) in [5.41, 5.74) is 1.04. The standard InChI is InChI=1S/C10H8ClFS/c1-2-6-7-3-4-13-10(7)9(12)5-8(6)11/h3-5H,2H2,1H3. The topological polar surface area (TPSA) is 0 Å². The van der Waals surface area contributed by atoms with Crippen LogP contribution in [0.15, 0.2) is 17.5 Å². The average Bonchev–Trinajstić information content (AvgIpc) is 2.53. The molecule has 0 atom stereocenters. The Kier molecular flexibility index (Phi) is 2.26. The first-order valence-corrected chi connectivity index (χ1v) is 5.34. The second-order valence-electron chi connectivity index (χ2n) is 2.84. The van der Waals surface area contributed by atoms with Crippen LogP contribution in [-0.4, -0.2) is 0 Å². The minimum atomic E-state index is -0.216. The predicted octanol–water partition coefficient (Wildman–Crippen LogP) is 4.26. The van der Waals surface area contributed by atoms with E-state index in [2.05, 4.69) is 0 Å². The van der Waals surface area contributed by atoms with E-state index in [9.17, 15) is 4.39 Å². The van der Waals surface area contributed by atoms with Crippen molar-refractivity contribution in [2.24, 2.45) is 0 Å². The molecule has 1 aromatic carbocycles. The van der Waals surface area contributed by atoms with Gasteiger partial charge in [-0.3, -0.25) is 0 Å². The van der Waals surface area contributed by atoms with Crippen molar-refractivity contribution in [2.45, 2.75) is 13.3 Å². The summed E-state index contributed by atoms with van der Waals surface area (Å²) < 4.78 is 14.0. The predicted molar refractivity (Wildman–Crippen MR) is 56.2 cm³/mol. The first-order valence-electron chi connectivity index (χ1n) is 4.08. The van der Waals surface area contributed by atoms with Crippen LogP contribution < -0.4 is 0 Å². The summed E-state index contributed by atoms with van der Waals surface area (Å²) in [5.74, 6) is -0.216. The van der Waals surface area contributed by atoms with E-state index in [4.69, 9.17) is 11.6 Å². The highest BCUT2D eigenvalue weighted by atomic mass is 35.5. The number of benzene rings is 1. The third kappa shape index (κ3) is 1.34. The van der Waals surface area contributed by atoms with E-state index >= 15 is 0 Å². The zero-order valence-corrected chi connectivity index (χ0v) is 8.68. The second-order valence-corrected chi connectivity index (χ2v) is 4.16. The maximum atomic E-state index is 13.3. The van der Waals surface area contributed by atoms with Crippen molar-refractivity contribution in [3.8, 4) is 0 Å². The lowest BCUT2D eigenvalue weighted by Crippen LogP contribution is -1.85. The van der Waals surface area contributed by atoms with Crippen molar-refractivity contribution in [3.63, 3.8) is 0 Å². The summed E-state index contributed by atoms with van der Waals surface area (Å²) in [6, 6.07) is 3.33. The Morgan fingerprint density at radius 2 is 2.31 bits per heavy atom. The van der Waals surface area contributed by atoms with E-state index in [1.807, 2.05) is 18.4 Å². The number of fused-ring (bicyclic) bond motifs is 1.